The van der Waals surface area contributed by atoms with E-state index in [9.17, 15) is 18.0 Å². The zero-order valence-corrected chi connectivity index (χ0v) is 19.0. The van der Waals surface area contributed by atoms with Gasteiger partial charge < -0.3 is 14.4 Å². The number of hydrogen-bond donors (Lipinski definition) is 1. The number of amides is 1. The molecule has 0 spiro atoms. The highest BCUT2D eigenvalue weighted by Crippen LogP contribution is 2.23. The molecular weight excluding hydrogens is 408 g/mol. The Morgan fingerprint density at radius 2 is 1.90 bits per heavy atom. The molecule has 1 aromatic rings. The van der Waals surface area contributed by atoms with E-state index in [-0.39, 0.29) is 35.2 Å². The van der Waals surface area contributed by atoms with Crippen molar-refractivity contribution in [1.82, 2.24) is 9.62 Å². The first-order valence-electron chi connectivity index (χ1n) is 10.3. The van der Waals surface area contributed by atoms with E-state index in [2.05, 4.69) is 4.72 Å². The standard InChI is InChI=1S/C21H32N2O6S/c1-5-28-21(25)17-8-10-23(11-9-17)20(24)14-29-19-7-6-18(12-16(19)4)30(26,27)22-13-15(2)3/h6-7,12,15,17,22H,5,8-11,13-14H2,1-4H3. The third-order valence-corrected chi connectivity index (χ3v) is 6.38. The first kappa shape index (κ1) is 24.1. The summed E-state index contributed by atoms with van der Waals surface area (Å²) in [6, 6.07) is 4.58. The molecule has 8 nitrogen and oxygen atoms in total. The van der Waals surface area contributed by atoms with Crippen LogP contribution < -0.4 is 9.46 Å². The van der Waals surface area contributed by atoms with Gasteiger partial charge in [-0.1, -0.05) is 13.8 Å². The number of ether oxygens (including phenoxy) is 2. The van der Waals surface area contributed by atoms with Crippen LogP contribution in [0.1, 0.15) is 39.2 Å². The molecule has 1 fully saturated rings. The molecule has 1 aliphatic rings. The second-order valence-electron chi connectivity index (χ2n) is 7.87. The average Bonchev–Trinajstić information content (AvgIpc) is 2.71. The van der Waals surface area contributed by atoms with Gasteiger partial charge in [0.2, 0.25) is 10.0 Å². The second kappa shape index (κ2) is 10.8. The summed E-state index contributed by atoms with van der Waals surface area (Å²) in [5.74, 6) is 0.154. The van der Waals surface area contributed by atoms with Crippen molar-refractivity contribution in [3.8, 4) is 5.75 Å². The number of piperidine rings is 1. The van der Waals surface area contributed by atoms with E-state index in [0.29, 0.717) is 50.4 Å². The van der Waals surface area contributed by atoms with Gasteiger partial charge in [-0.25, -0.2) is 13.1 Å². The zero-order valence-electron chi connectivity index (χ0n) is 18.1. The number of benzene rings is 1. The second-order valence-corrected chi connectivity index (χ2v) is 9.64. The third kappa shape index (κ3) is 6.70. The smallest absolute Gasteiger partial charge is 0.309 e. The maximum Gasteiger partial charge on any atom is 0.309 e. The summed E-state index contributed by atoms with van der Waals surface area (Å²) in [5, 5.41) is 0. The molecule has 168 valence electrons. The number of hydrogen-bond acceptors (Lipinski definition) is 6. The van der Waals surface area contributed by atoms with Gasteiger partial charge in [-0.05, 0) is 56.4 Å². The number of likely N-dealkylation sites (tertiary alicyclic amines) is 1. The Kier molecular flexibility index (Phi) is 8.66. The van der Waals surface area contributed by atoms with Crippen molar-refractivity contribution in [2.75, 3.05) is 32.8 Å². The van der Waals surface area contributed by atoms with Crippen molar-refractivity contribution in [3.63, 3.8) is 0 Å². The molecule has 0 unspecified atom stereocenters. The van der Waals surface area contributed by atoms with Crippen LogP contribution in [0.3, 0.4) is 0 Å². The molecule has 1 amide bonds. The molecule has 1 aliphatic heterocycles. The lowest BCUT2D eigenvalue weighted by atomic mass is 9.97. The molecule has 30 heavy (non-hydrogen) atoms. The van der Waals surface area contributed by atoms with Crippen molar-refractivity contribution in [1.29, 1.82) is 0 Å². The van der Waals surface area contributed by atoms with Gasteiger partial charge in [0.05, 0.1) is 17.4 Å². The number of nitrogens with zero attached hydrogens (tertiary/aromatic N) is 1. The van der Waals surface area contributed by atoms with E-state index in [1.807, 2.05) is 13.8 Å². The lowest BCUT2D eigenvalue weighted by Crippen LogP contribution is -2.42. The van der Waals surface area contributed by atoms with Gasteiger partial charge in [0, 0.05) is 19.6 Å². The monoisotopic (exact) mass is 440 g/mol. The molecule has 1 saturated heterocycles. The normalized spacial score (nSPS) is 15.3. The van der Waals surface area contributed by atoms with Crippen molar-refractivity contribution in [2.24, 2.45) is 11.8 Å². The van der Waals surface area contributed by atoms with E-state index in [1.54, 1.807) is 24.8 Å². The fourth-order valence-electron chi connectivity index (χ4n) is 3.17. The van der Waals surface area contributed by atoms with Crippen LogP contribution in [-0.2, 0) is 24.3 Å². The van der Waals surface area contributed by atoms with Crippen molar-refractivity contribution < 1.29 is 27.5 Å². The van der Waals surface area contributed by atoms with Crippen LogP contribution in [0.4, 0.5) is 0 Å². The van der Waals surface area contributed by atoms with Crippen LogP contribution in [0.15, 0.2) is 23.1 Å². The zero-order chi connectivity index (χ0) is 22.3. The average molecular weight is 441 g/mol. The number of esters is 1. The number of sulfonamides is 1. The largest absolute Gasteiger partial charge is 0.483 e. The van der Waals surface area contributed by atoms with Gasteiger partial charge in [0.25, 0.3) is 5.91 Å². The minimum Gasteiger partial charge on any atom is -0.483 e. The predicted molar refractivity (Wildman–Crippen MR) is 113 cm³/mol. The number of nitrogens with one attached hydrogen (secondary N) is 1. The Bertz CT molecular complexity index is 845. The number of rotatable bonds is 9. The molecule has 2 rings (SSSR count). The maximum atomic E-state index is 12.4. The first-order chi connectivity index (χ1) is 14.1. The third-order valence-electron chi connectivity index (χ3n) is 4.96. The molecule has 0 aromatic heterocycles. The highest BCUT2D eigenvalue weighted by atomic mass is 32.2. The predicted octanol–water partition coefficient (Wildman–Crippen LogP) is 2.11. The molecule has 0 atom stereocenters. The molecule has 1 heterocycles. The topological polar surface area (TPSA) is 102 Å². The van der Waals surface area contributed by atoms with E-state index in [1.165, 1.54) is 12.1 Å². The van der Waals surface area contributed by atoms with Crippen LogP contribution >= 0.6 is 0 Å². The van der Waals surface area contributed by atoms with E-state index < -0.39 is 10.0 Å². The minimum absolute atomic E-state index is 0.136. The van der Waals surface area contributed by atoms with Gasteiger partial charge in [-0.2, -0.15) is 0 Å². The van der Waals surface area contributed by atoms with Gasteiger partial charge in [-0.15, -0.1) is 0 Å². The molecule has 1 N–H and O–H groups in total. The van der Waals surface area contributed by atoms with Crippen molar-refractivity contribution in [2.45, 2.75) is 45.4 Å². The minimum atomic E-state index is -3.58. The fourth-order valence-corrected chi connectivity index (χ4v) is 4.46. The number of carbonyl (C=O) groups excluding carboxylic acids is 2. The highest BCUT2D eigenvalue weighted by molar-refractivity contribution is 7.89. The lowest BCUT2D eigenvalue weighted by Gasteiger charge is -2.30. The quantitative estimate of drug-likeness (QED) is 0.590. The summed E-state index contributed by atoms with van der Waals surface area (Å²) >= 11 is 0. The molecule has 1 aromatic carbocycles. The van der Waals surface area contributed by atoms with E-state index in [0.717, 1.165) is 0 Å². The van der Waals surface area contributed by atoms with Crippen LogP contribution in [0.25, 0.3) is 0 Å². The summed E-state index contributed by atoms with van der Waals surface area (Å²) in [4.78, 5) is 26.1. The van der Waals surface area contributed by atoms with E-state index >= 15 is 0 Å². The number of carbonyl (C=O) groups is 2. The highest BCUT2D eigenvalue weighted by Gasteiger charge is 2.28. The molecule has 0 bridgehead atoms. The maximum absolute atomic E-state index is 12.4. The Balaban J connectivity index is 1.89. The molecule has 0 saturated carbocycles. The van der Waals surface area contributed by atoms with Crippen LogP contribution in [0.2, 0.25) is 0 Å². The van der Waals surface area contributed by atoms with E-state index in [4.69, 9.17) is 9.47 Å². The Morgan fingerprint density at radius 1 is 1.23 bits per heavy atom. The lowest BCUT2D eigenvalue weighted by molar-refractivity contribution is -0.151. The summed E-state index contributed by atoms with van der Waals surface area (Å²) < 4.78 is 37.9. The summed E-state index contributed by atoms with van der Waals surface area (Å²) in [6.07, 6.45) is 1.17. The van der Waals surface area contributed by atoms with Crippen LogP contribution in [-0.4, -0.2) is 58.0 Å². The molecule has 0 aliphatic carbocycles. The Morgan fingerprint density at radius 3 is 2.47 bits per heavy atom. The van der Waals surface area contributed by atoms with Crippen molar-refractivity contribution >= 4 is 21.9 Å². The van der Waals surface area contributed by atoms with Gasteiger partial charge in [0.15, 0.2) is 6.61 Å². The molecule has 0 radical (unpaired) electrons. The Hall–Kier alpha value is -2.13. The molecular formula is C21H32N2O6S. The summed E-state index contributed by atoms with van der Waals surface area (Å²) in [5.41, 5.74) is 0.635. The summed E-state index contributed by atoms with van der Waals surface area (Å²) in [6.45, 7) is 8.95. The number of aryl methyl sites for hydroxylation is 1. The Labute approximate surface area is 179 Å². The SMILES string of the molecule is CCOC(=O)C1CCN(C(=O)COc2ccc(S(=O)(=O)NCC(C)C)cc2C)CC1. The first-order valence-corrected chi connectivity index (χ1v) is 11.8. The molecule has 9 heteroatoms. The van der Waals surface area contributed by atoms with Crippen molar-refractivity contribution in [3.05, 3.63) is 23.8 Å². The van der Waals surface area contributed by atoms with Crippen LogP contribution in [0.5, 0.6) is 5.75 Å². The van der Waals surface area contributed by atoms with Gasteiger partial charge >= 0.3 is 5.97 Å². The van der Waals surface area contributed by atoms with Crippen LogP contribution in [0, 0.1) is 18.8 Å². The van der Waals surface area contributed by atoms with Gasteiger partial charge in [-0.3, -0.25) is 9.59 Å². The summed E-state index contributed by atoms with van der Waals surface area (Å²) in [7, 11) is -3.58. The van der Waals surface area contributed by atoms with Gasteiger partial charge in [0.1, 0.15) is 5.75 Å². The fraction of sp³-hybridized carbons (Fsp3) is 0.619.